The van der Waals surface area contributed by atoms with Crippen LogP contribution in [-0.4, -0.2) is 47.1 Å². The molecule has 0 fully saturated rings. The minimum absolute atomic E-state index is 0.0424. The maximum Gasteiger partial charge on any atom is 0.416 e. The van der Waals surface area contributed by atoms with Gasteiger partial charge in [0.05, 0.1) is 17.8 Å². The van der Waals surface area contributed by atoms with Gasteiger partial charge in [-0.3, -0.25) is 14.4 Å². The lowest BCUT2D eigenvalue weighted by Crippen LogP contribution is -2.39. The number of hydrogen-bond acceptors (Lipinski definition) is 4. The predicted octanol–water partition coefficient (Wildman–Crippen LogP) is 1.38. The zero-order valence-corrected chi connectivity index (χ0v) is 14.8. The second-order valence-electron chi connectivity index (χ2n) is 5.93. The summed E-state index contributed by atoms with van der Waals surface area (Å²) >= 11 is 0. The molecule has 2 aromatic rings. The van der Waals surface area contributed by atoms with Crippen LogP contribution in [0, 0.1) is 6.92 Å². The summed E-state index contributed by atoms with van der Waals surface area (Å²) in [4.78, 5) is 37.0. The van der Waals surface area contributed by atoms with E-state index in [-0.39, 0.29) is 17.9 Å². The van der Waals surface area contributed by atoms with Crippen molar-refractivity contribution in [3.63, 3.8) is 0 Å². The second kappa shape index (κ2) is 7.60. The van der Waals surface area contributed by atoms with Gasteiger partial charge < -0.3 is 10.2 Å². The van der Waals surface area contributed by atoms with Gasteiger partial charge in [0.1, 0.15) is 0 Å². The molecule has 0 aliphatic carbocycles. The zero-order valence-electron chi connectivity index (χ0n) is 14.8. The van der Waals surface area contributed by atoms with Gasteiger partial charge in [0.25, 0.3) is 5.91 Å². The molecule has 0 aliphatic heterocycles. The number of amides is 2. The monoisotopic (exact) mass is 382 g/mol. The Morgan fingerprint density at radius 2 is 1.89 bits per heavy atom. The molecule has 0 radical (unpaired) electrons. The molecule has 1 aromatic heterocycles. The maximum absolute atomic E-state index is 12.9. The number of aromatic nitrogens is 2. The zero-order chi connectivity index (χ0) is 20.4. The van der Waals surface area contributed by atoms with E-state index in [1.165, 1.54) is 38.1 Å². The summed E-state index contributed by atoms with van der Waals surface area (Å²) in [7, 11) is 3.00. The summed E-state index contributed by atoms with van der Waals surface area (Å²) in [6.07, 6.45) is -4.55. The first kappa shape index (κ1) is 20.1. The van der Waals surface area contributed by atoms with Crippen LogP contribution in [0.3, 0.4) is 0 Å². The van der Waals surface area contributed by atoms with Crippen LogP contribution < -0.4 is 10.7 Å². The minimum Gasteiger partial charge on any atom is -0.347 e. The number of nitrogens with zero attached hydrogens (tertiary/aromatic N) is 3. The summed E-state index contributed by atoms with van der Waals surface area (Å²) in [5.74, 6) is -1.29. The van der Waals surface area contributed by atoms with Gasteiger partial charge in [0, 0.05) is 25.9 Å². The molecule has 0 unspecified atom stereocenters. The van der Waals surface area contributed by atoms with E-state index >= 15 is 0 Å². The van der Waals surface area contributed by atoms with Gasteiger partial charge in [-0.25, -0.2) is 4.68 Å². The average Bonchev–Trinajstić information content (AvgIpc) is 2.58. The highest BCUT2D eigenvalue weighted by Gasteiger charge is 2.30. The lowest BCUT2D eigenvalue weighted by molar-refractivity contribution is -0.137. The number of rotatable bonds is 4. The Morgan fingerprint density at radius 1 is 1.22 bits per heavy atom. The van der Waals surface area contributed by atoms with Crippen molar-refractivity contribution in [3.05, 3.63) is 57.5 Å². The van der Waals surface area contributed by atoms with Gasteiger partial charge in [-0.2, -0.15) is 18.3 Å². The predicted molar refractivity (Wildman–Crippen MR) is 90.6 cm³/mol. The van der Waals surface area contributed by atoms with Crippen molar-refractivity contribution in [2.75, 3.05) is 20.6 Å². The Balaban J connectivity index is 2.41. The molecule has 2 rings (SSSR count). The van der Waals surface area contributed by atoms with E-state index < -0.39 is 34.7 Å². The summed E-state index contributed by atoms with van der Waals surface area (Å²) in [5, 5.41) is 6.16. The molecule has 2 amide bonds. The van der Waals surface area contributed by atoms with Gasteiger partial charge in [0.2, 0.25) is 11.3 Å². The van der Waals surface area contributed by atoms with E-state index in [9.17, 15) is 27.6 Å². The lowest BCUT2D eigenvalue weighted by atomic mass is 10.2. The number of alkyl halides is 3. The molecule has 144 valence electrons. The fourth-order valence-corrected chi connectivity index (χ4v) is 2.18. The van der Waals surface area contributed by atoms with Crippen LogP contribution in [0.15, 0.2) is 35.1 Å². The van der Waals surface area contributed by atoms with Crippen LogP contribution in [0.5, 0.6) is 0 Å². The summed E-state index contributed by atoms with van der Waals surface area (Å²) in [6, 6.07) is 5.43. The third-order valence-electron chi connectivity index (χ3n) is 3.64. The van der Waals surface area contributed by atoms with Crippen LogP contribution in [0.25, 0.3) is 5.69 Å². The lowest BCUT2D eigenvalue weighted by Gasteiger charge is -2.14. The fraction of sp³-hybridized carbons (Fsp3) is 0.294. The molecule has 0 bridgehead atoms. The SMILES string of the molecule is Cc1cc(=O)c(C(=O)NCC(=O)N(C)C)nn1-c1cccc(C(F)(F)F)c1. The molecule has 1 heterocycles. The smallest absolute Gasteiger partial charge is 0.347 e. The first-order chi connectivity index (χ1) is 12.5. The highest BCUT2D eigenvalue weighted by atomic mass is 19.4. The summed E-state index contributed by atoms with van der Waals surface area (Å²) < 4.78 is 39.8. The quantitative estimate of drug-likeness (QED) is 0.866. The molecule has 10 heteroatoms. The van der Waals surface area contributed by atoms with Gasteiger partial charge in [0.15, 0.2) is 5.69 Å². The van der Waals surface area contributed by atoms with Crippen molar-refractivity contribution in [3.8, 4) is 5.69 Å². The van der Waals surface area contributed by atoms with Crippen molar-refractivity contribution >= 4 is 11.8 Å². The largest absolute Gasteiger partial charge is 0.416 e. The molecule has 0 spiro atoms. The summed E-state index contributed by atoms with van der Waals surface area (Å²) in [6.45, 7) is 1.14. The number of benzene rings is 1. The Labute approximate surface area is 152 Å². The standard InChI is InChI=1S/C17H17F3N4O3/c1-10-7-13(25)15(16(27)21-9-14(26)23(2)3)22-24(10)12-6-4-5-11(8-12)17(18,19)20/h4-8H,9H2,1-3H3,(H,21,27). The highest BCUT2D eigenvalue weighted by Crippen LogP contribution is 2.30. The number of carbonyl (C=O) groups is 2. The van der Waals surface area contributed by atoms with E-state index in [2.05, 4.69) is 10.4 Å². The van der Waals surface area contributed by atoms with Crippen LogP contribution in [0.2, 0.25) is 0 Å². The first-order valence-electron chi connectivity index (χ1n) is 7.77. The number of hydrogen-bond donors (Lipinski definition) is 1. The molecule has 1 N–H and O–H groups in total. The van der Waals surface area contributed by atoms with Crippen LogP contribution in [0.4, 0.5) is 13.2 Å². The van der Waals surface area contributed by atoms with Crippen molar-refractivity contribution in [2.45, 2.75) is 13.1 Å². The minimum atomic E-state index is -4.55. The van der Waals surface area contributed by atoms with Crippen molar-refractivity contribution < 1.29 is 22.8 Å². The van der Waals surface area contributed by atoms with E-state index in [0.717, 1.165) is 22.9 Å². The molecule has 1 aromatic carbocycles. The fourth-order valence-electron chi connectivity index (χ4n) is 2.18. The molecule has 0 atom stereocenters. The number of halogens is 3. The third-order valence-corrected chi connectivity index (χ3v) is 3.64. The van der Waals surface area contributed by atoms with Crippen LogP contribution >= 0.6 is 0 Å². The summed E-state index contributed by atoms with van der Waals surface area (Å²) in [5.41, 5.74) is -1.82. The van der Waals surface area contributed by atoms with E-state index in [4.69, 9.17) is 0 Å². The average molecular weight is 382 g/mol. The molecule has 0 saturated carbocycles. The molecular formula is C17H17F3N4O3. The number of aryl methyl sites for hydroxylation is 1. The van der Waals surface area contributed by atoms with E-state index in [1.807, 2.05) is 0 Å². The Morgan fingerprint density at radius 3 is 2.48 bits per heavy atom. The maximum atomic E-state index is 12.9. The van der Waals surface area contributed by atoms with Crippen molar-refractivity contribution in [1.29, 1.82) is 0 Å². The normalized spacial score (nSPS) is 11.2. The van der Waals surface area contributed by atoms with Crippen LogP contribution in [0.1, 0.15) is 21.7 Å². The second-order valence-corrected chi connectivity index (χ2v) is 5.93. The van der Waals surface area contributed by atoms with Gasteiger partial charge in [-0.1, -0.05) is 6.07 Å². The molecule has 0 aliphatic rings. The van der Waals surface area contributed by atoms with Gasteiger partial charge in [-0.05, 0) is 25.1 Å². The van der Waals surface area contributed by atoms with E-state index in [1.54, 1.807) is 0 Å². The van der Waals surface area contributed by atoms with Gasteiger partial charge in [-0.15, -0.1) is 0 Å². The topological polar surface area (TPSA) is 84.3 Å². The molecule has 27 heavy (non-hydrogen) atoms. The number of likely N-dealkylation sites (N-methyl/N-ethyl adjacent to an activating group) is 1. The first-order valence-corrected chi connectivity index (χ1v) is 7.77. The number of nitrogens with one attached hydrogen (secondary N) is 1. The van der Waals surface area contributed by atoms with E-state index in [0.29, 0.717) is 0 Å². The molecular weight excluding hydrogens is 365 g/mol. The Bertz CT molecular complexity index is 936. The third kappa shape index (κ3) is 4.72. The Hall–Kier alpha value is -3.17. The van der Waals surface area contributed by atoms with Gasteiger partial charge >= 0.3 is 6.18 Å². The highest BCUT2D eigenvalue weighted by molar-refractivity contribution is 5.94. The Kier molecular flexibility index (Phi) is 5.67. The molecule has 7 nitrogen and oxygen atoms in total. The van der Waals surface area contributed by atoms with Crippen molar-refractivity contribution in [2.24, 2.45) is 0 Å². The number of carbonyl (C=O) groups excluding carboxylic acids is 2. The van der Waals surface area contributed by atoms with Crippen LogP contribution in [-0.2, 0) is 11.0 Å². The van der Waals surface area contributed by atoms with Crippen molar-refractivity contribution in [1.82, 2.24) is 20.0 Å². The molecule has 0 saturated heterocycles.